The smallest absolute Gasteiger partial charge is 0.124 e. The van der Waals surface area contributed by atoms with Crippen LogP contribution in [-0.4, -0.2) is 19.3 Å². The normalized spacial score (nSPS) is 15.8. The third kappa shape index (κ3) is 6.20. The van der Waals surface area contributed by atoms with Gasteiger partial charge in [-0.3, -0.25) is 0 Å². The Bertz CT molecular complexity index is 1040. The molecule has 0 saturated heterocycles. The summed E-state index contributed by atoms with van der Waals surface area (Å²) in [5, 5.41) is 0. The number of ether oxygens (including phenoxy) is 3. The molecule has 3 heteroatoms. The van der Waals surface area contributed by atoms with Crippen LogP contribution in [0.15, 0.2) is 72.8 Å². The predicted octanol–water partition coefficient (Wildman–Crippen LogP) is 9.36. The van der Waals surface area contributed by atoms with Gasteiger partial charge in [0.15, 0.2) is 0 Å². The van der Waals surface area contributed by atoms with E-state index in [1.54, 1.807) is 0 Å². The molecule has 0 amide bonds. The van der Waals surface area contributed by atoms with Crippen LogP contribution in [-0.2, 0) is 5.41 Å². The van der Waals surface area contributed by atoms with Gasteiger partial charge in [-0.2, -0.15) is 0 Å². The molecule has 0 bridgehead atoms. The van der Waals surface area contributed by atoms with Crippen LogP contribution in [0.4, 0.5) is 0 Å². The van der Waals surface area contributed by atoms with Crippen LogP contribution >= 0.6 is 0 Å². The van der Waals surface area contributed by atoms with Crippen LogP contribution in [0.2, 0.25) is 0 Å². The zero-order valence-electron chi connectivity index (χ0n) is 23.9. The maximum Gasteiger partial charge on any atom is 0.124 e. The van der Waals surface area contributed by atoms with Crippen molar-refractivity contribution in [1.82, 2.24) is 0 Å². The first-order valence-corrected chi connectivity index (χ1v) is 14.8. The molecule has 0 spiro atoms. The van der Waals surface area contributed by atoms with Gasteiger partial charge in [0.05, 0.1) is 18.6 Å². The molecule has 0 fully saturated rings. The summed E-state index contributed by atoms with van der Waals surface area (Å²) >= 11 is 0. The van der Waals surface area contributed by atoms with E-state index >= 15 is 0 Å². The van der Waals surface area contributed by atoms with Gasteiger partial charge in [0.25, 0.3) is 0 Å². The number of hydrogen-bond donors (Lipinski definition) is 0. The van der Waals surface area contributed by atoms with Gasteiger partial charge in [-0.1, -0.05) is 109 Å². The van der Waals surface area contributed by atoms with Crippen LogP contribution in [0.3, 0.4) is 0 Å². The summed E-state index contributed by atoms with van der Waals surface area (Å²) in [4.78, 5) is 0. The molecule has 204 valence electrons. The van der Waals surface area contributed by atoms with Crippen molar-refractivity contribution in [2.75, 3.05) is 13.2 Å². The molecular weight excluding hydrogens is 468 g/mol. The van der Waals surface area contributed by atoms with Crippen molar-refractivity contribution in [2.24, 2.45) is 5.92 Å². The highest BCUT2D eigenvalue weighted by molar-refractivity contribution is 5.61. The van der Waals surface area contributed by atoms with E-state index in [-0.39, 0.29) is 6.10 Å². The highest BCUT2D eigenvalue weighted by atomic mass is 16.5. The third-order valence-corrected chi connectivity index (χ3v) is 7.75. The maximum atomic E-state index is 6.70. The Morgan fingerprint density at radius 3 is 1.63 bits per heavy atom. The minimum Gasteiger partial charge on any atom is -0.494 e. The summed E-state index contributed by atoms with van der Waals surface area (Å²) < 4.78 is 18.9. The predicted molar refractivity (Wildman–Crippen MR) is 158 cm³/mol. The molecule has 1 aliphatic rings. The Labute approximate surface area is 230 Å². The van der Waals surface area contributed by atoms with E-state index in [4.69, 9.17) is 14.2 Å². The van der Waals surface area contributed by atoms with Crippen LogP contribution in [0.5, 0.6) is 17.2 Å². The van der Waals surface area contributed by atoms with Gasteiger partial charge >= 0.3 is 0 Å². The SMILES string of the molecule is CCCCCCOc1ccc(C2(c3ccc(OCCCCCC)cc3)c3ccccc3OC2C(C)C)cc1. The molecule has 3 nitrogen and oxygen atoms in total. The average Bonchev–Trinajstić information content (AvgIpc) is 3.30. The zero-order chi connectivity index (χ0) is 26.8. The van der Waals surface area contributed by atoms with E-state index in [0.29, 0.717) is 5.92 Å². The summed E-state index contributed by atoms with van der Waals surface area (Å²) in [7, 11) is 0. The third-order valence-electron chi connectivity index (χ3n) is 7.75. The van der Waals surface area contributed by atoms with Crippen molar-refractivity contribution in [1.29, 1.82) is 0 Å². The molecule has 1 aliphatic heterocycles. The number of para-hydroxylation sites is 1. The van der Waals surface area contributed by atoms with E-state index in [2.05, 4.69) is 100 Å². The lowest BCUT2D eigenvalue weighted by Gasteiger charge is -2.38. The number of hydrogen-bond acceptors (Lipinski definition) is 3. The zero-order valence-corrected chi connectivity index (χ0v) is 23.9. The summed E-state index contributed by atoms with van der Waals surface area (Å²) in [6, 6.07) is 26.0. The van der Waals surface area contributed by atoms with Gasteiger partial charge in [0.1, 0.15) is 23.4 Å². The van der Waals surface area contributed by atoms with E-state index in [9.17, 15) is 0 Å². The van der Waals surface area contributed by atoms with Crippen molar-refractivity contribution in [2.45, 2.75) is 90.6 Å². The number of benzene rings is 3. The Morgan fingerprint density at radius 1 is 0.658 bits per heavy atom. The summed E-state index contributed by atoms with van der Waals surface area (Å²) in [6.07, 6.45) is 9.63. The van der Waals surface area contributed by atoms with Crippen molar-refractivity contribution >= 4 is 0 Å². The van der Waals surface area contributed by atoms with Crippen molar-refractivity contribution in [3.05, 3.63) is 89.5 Å². The number of rotatable bonds is 15. The largest absolute Gasteiger partial charge is 0.494 e. The highest BCUT2D eigenvalue weighted by Crippen LogP contribution is 2.53. The average molecular weight is 515 g/mol. The minimum atomic E-state index is -0.413. The molecule has 3 aromatic carbocycles. The maximum absolute atomic E-state index is 6.70. The van der Waals surface area contributed by atoms with Crippen molar-refractivity contribution < 1.29 is 14.2 Å². The van der Waals surface area contributed by atoms with E-state index in [1.807, 2.05) is 0 Å². The lowest BCUT2D eigenvalue weighted by molar-refractivity contribution is 0.135. The van der Waals surface area contributed by atoms with Gasteiger partial charge < -0.3 is 14.2 Å². The summed E-state index contributed by atoms with van der Waals surface area (Å²) in [6.45, 7) is 10.5. The monoisotopic (exact) mass is 514 g/mol. The first-order valence-electron chi connectivity index (χ1n) is 14.8. The lowest BCUT2D eigenvalue weighted by atomic mass is 9.64. The lowest BCUT2D eigenvalue weighted by Crippen LogP contribution is -2.43. The Morgan fingerprint density at radius 2 is 1.16 bits per heavy atom. The van der Waals surface area contributed by atoms with Gasteiger partial charge in [-0.25, -0.2) is 0 Å². The summed E-state index contributed by atoms with van der Waals surface area (Å²) in [5.41, 5.74) is 3.27. The van der Waals surface area contributed by atoms with Crippen LogP contribution in [0, 0.1) is 5.92 Å². The minimum absolute atomic E-state index is 0.0264. The second-order valence-corrected chi connectivity index (χ2v) is 11.0. The topological polar surface area (TPSA) is 27.7 Å². The van der Waals surface area contributed by atoms with Gasteiger partial charge in [-0.05, 0) is 60.2 Å². The van der Waals surface area contributed by atoms with Crippen LogP contribution in [0.25, 0.3) is 0 Å². The molecule has 0 aliphatic carbocycles. The van der Waals surface area contributed by atoms with Crippen LogP contribution in [0.1, 0.15) is 95.8 Å². The molecule has 1 unspecified atom stereocenters. The molecule has 1 atom stereocenters. The fourth-order valence-electron chi connectivity index (χ4n) is 5.78. The standard InChI is InChI=1S/C35H46O3/c1-5-7-9-13-25-36-30-21-17-28(18-22-30)35(32-15-11-12-16-33(32)38-34(35)27(3)4)29-19-23-31(24-20-29)37-26-14-10-8-6-2/h11-12,15-24,27,34H,5-10,13-14,25-26H2,1-4H3. The van der Waals surface area contributed by atoms with E-state index in [1.165, 1.54) is 55.2 Å². The first kappa shape index (κ1) is 28.1. The molecule has 0 saturated carbocycles. The second-order valence-electron chi connectivity index (χ2n) is 11.0. The quantitative estimate of drug-likeness (QED) is 0.189. The fourth-order valence-corrected chi connectivity index (χ4v) is 5.78. The first-order chi connectivity index (χ1) is 18.6. The second kappa shape index (κ2) is 13.7. The molecule has 0 aromatic heterocycles. The molecule has 1 heterocycles. The molecule has 3 aromatic rings. The Hall–Kier alpha value is -2.94. The molecule has 4 rings (SSSR count). The van der Waals surface area contributed by atoms with Gasteiger partial charge in [0.2, 0.25) is 0 Å². The van der Waals surface area contributed by atoms with Gasteiger partial charge in [-0.15, -0.1) is 0 Å². The molecule has 0 N–H and O–H groups in total. The van der Waals surface area contributed by atoms with E-state index < -0.39 is 5.41 Å². The van der Waals surface area contributed by atoms with Crippen molar-refractivity contribution in [3.8, 4) is 17.2 Å². The van der Waals surface area contributed by atoms with Crippen LogP contribution < -0.4 is 14.2 Å². The molecule has 0 radical (unpaired) electrons. The number of unbranched alkanes of at least 4 members (excludes halogenated alkanes) is 6. The Kier molecular flexibility index (Phi) is 10.1. The number of fused-ring (bicyclic) bond motifs is 1. The summed E-state index contributed by atoms with van der Waals surface area (Å²) in [5.74, 6) is 3.14. The molecular formula is C35H46O3. The Balaban J connectivity index is 1.65. The highest BCUT2D eigenvalue weighted by Gasteiger charge is 2.52. The van der Waals surface area contributed by atoms with E-state index in [0.717, 1.165) is 43.3 Å². The fraction of sp³-hybridized carbons (Fsp3) is 0.486. The van der Waals surface area contributed by atoms with Gasteiger partial charge in [0, 0.05) is 5.56 Å². The molecule has 38 heavy (non-hydrogen) atoms. The van der Waals surface area contributed by atoms with Crippen molar-refractivity contribution in [3.63, 3.8) is 0 Å².